The summed E-state index contributed by atoms with van der Waals surface area (Å²) in [7, 11) is 0. The largest absolute Gasteiger partial charge is 0.365 e. The van der Waals surface area contributed by atoms with E-state index in [9.17, 15) is 19.2 Å². The molecule has 0 aliphatic heterocycles. The number of H-pyrrole nitrogens is 1. The number of aryl methyl sites for hydroxylation is 1. The van der Waals surface area contributed by atoms with Gasteiger partial charge in [0, 0.05) is 29.2 Å². The fraction of sp³-hybridized carbons (Fsp3) is 0.188. The molecule has 7 heteroatoms. The molecule has 1 unspecified atom stereocenters. The monoisotopic (exact) mass is 311 g/mol. The number of nitrogens with one attached hydrogen (secondary N) is 1. The minimum absolute atomic E-state index is 0.178. The molecule has 3 N–H and O–H groups in total. The second-order valence-corrected chi connectivity index (χ2v) is 5.32. The Hall–Kier alpha value is -3.09. The summed E-state index contributed by atoms with van der Waals surface area (Å²) in [5, 5.41) is 0. The summed E-state index contributed by atoms with van der Waals surface area (Å²) in [5.41, 5.74) is 5.24. The van der Waals surface area contributed by atoms with Crippen molar-refractivity contribution in [2.24, 2.45) is 11.7 Å². The molecular weight excluding hydrogens is 298 g/mol. The van der Waals surface area contributed by atoms with Crippen molar-refractivity contribution in [2.45, 2.75) is 12.8 Å². The van der Waals surface area contributed by atoms with Gasteiger partial charge in [-0.1, -0.05) is 0 Å². The van der Waals surface area contributed by atoms with E-state index in [0.717, 1.165) is 0 Å². The third kappa shape index (κ3) is 2.57. The van der Waals surface area contributed by atoms with Gasteiger partial charge in [0.2, 0.25) is 0 Å². The molecule has 2 aromatic rings. The number of primary amides is 1. The number of nitrogens with zero attached hydrogens (tertiary/aromatic N) is 1. The lowest BCUT2D eigenvalue weighted by Gasteiger charge is -2.22. The lowest BCUT2D eigenvalue weighted by Crippen LogP contribution is -2.34. The van der Waals surface area contributed by atoms with Crippen molar-refractivity contribution >= 4 is 17.5 Å². The van der Waals surface area contributed by atoms with Crippen LogP contribution in [0.5, 0.6) is 0 Å². The highest BCUT2D eigenvalue weighted by Gasteiger charge is 2.34. The third-order valence-corrected chi connectivity index (χ3v) is 3.93. The second-order valence-electron chi connectivity index (χ2n) is 5.32. The predicted octanol–water partition coefficient (Wildman–Crippen LogP) is 0.497. The number of rotatable bonds is 3. The maximum absolute atomic E-state index is 12.6. The smallest absolute Gasteiger partial charge is 0.261 e. The number of carbonyl (C=O) groups excluding carboxylic acids is 3. The molecular formula is C16H13N3O4. The van der Waals surface area contributed by atoms with Crippen LogP contribution in [0.3, 0.4) is 0 Å². The Morgan fingerprint density at radius 2 is 1.91 bits per heavy atom. The zero-order valence-corrected chi connectivity index (χ0v) is 12.0. The number of aromatic amines is 1. The summed E-state index contributed by atoms with van der Waals surface area (Å²) in [4.78, 5) is 54.5. The highest BCUT2D eigenvalue weighted by molar-refractivity contribution is 6.17. The Bertz CT molecular complexity index is 871. The number of fused-ring (bicyclic) bond motifs is 1. The van der Waals surface area contributed by atoms with Crippen LogP contribution in [-0.2, 0) is 6.42 Å². The van der Waals surface area contributed by atoms with Crippen molar-refractivity contribution in [3.63, 3.8) is 0 Å². The first-order chi connectivity index (χ1) is 11.0. The van der Waals surface area contributed by atoms with Crippen molar-refractivity contribution in [1.29, 1.82) is 0 Å². The van der Waals surface area contributed by atoms with Crippen LogP contribution in [0.1, 0.15) is 43.2 Å². The number of aromatic nitrogens is 2. The van der Waals surface area contributed by atoms with Crippen molar-refractivity contribution in [3.05, 3.63) is 63.3 Å². The molecule has 0 bridgehead atoms. The SMILES string of the molecule is NC(=O)c1cc2c([nH]c1=O)CCC(C(=O)c1ccncc1)C2=O. The van der Waals surface area contributed by atoms with Crippen molar-refractivity contribution in [1.82, 2.24) is 9.97 Å². The van der Waals surface area contributed by atoms with Gasteiger partial charge in [-0.05, 0) is 31.0 Å². The molecule has 0 spiro atoms. The zero-order valence-electron chi connectivity index (χ0n) is 12.0. The van der Waals surface area contributed by atoms with E-state index in [1.54, 1.807) is 12.1 Å². The summed E-state index contributed by atoms with van der Waals surface area (Å²) in [5.74, 6) is -2.46. The molecule has 3 rings (SSSR count). The quantitative estimate of drug-likeness (QED) is 0.631. The van der Waals surface area contributed by atoms with Crippen LogP contribution in [0.2, 0.25) is 0 Å². The van der Waals surface area contributed by atoms with Gasteiger partial charge in [0.1, 0.15) is 5.56 Å². The highest BCUT2D eigenvalue weighted by Crippen LogP contribution is 2.26. The van der Waals surface area contributed by atoms with Gasteiger partial charge in [0.25, 0.3) is 11.5 Å². The third-order valence-electron chi connectivity index (χ3n) is 3.93. The van der Waals surface area contributed by atoms with Gasteiger partial charge >= 0.3 is 0 Å². The Morgan fingerprint density at radius 3 is 2.57 bits per heavy atom. The molecule has 2 heterocycles. The molecule has 1 aliphatic rings. The van der Waals surface area contributed by atoms with E-state index in [1.807, 2.05) is 0 Å². The number of amides is 1. The molecule has 116 valence electrons. The number of Topliss-reactive ketones (excluding diaryl/α,β-unsaturated/α-hetero) is 2. The number of ketones is 2. The lowest BCUT2D eigenvalue weighted by molar-refractivity contribution is 0.0789. The minimum Gasteiger partial charge on any atom is -0.365 e. The van der Waals surface area contributed by atoms with Crippen LogP contribution in [0.25, 0.3) is 0 Å². The van der Waals surface area contributed by atoms with Crippen LogP contribution >= 0.6 is 0 Å². The average Bonchev–Trinajstić information content (AvgIpc) is 2.54. The van der Waals surface area contributed by atoms with E-state index < -0.39 is 23.2 Å². The van der Waals surface area contributed by atoms with Gasteiger partial charge in [-0.2, -0.15) is 0 Å². The van der Waals surface area contributed by atoms with Crippen molar-refractivity contribution in [3.8, 4) is 0 Å². The van der Waals surface area contributed by atoms with Crippen LogP contribution in [0.4, 0.5) is 0 Å². The maximum atomic E-state index is 12.6. The fourth-order valence-corrected chi connectivity index (χ4v) is 2.74. The normalized spacial score (nSPS) is 16.7. The van der Waals surface area contributed by atoms with Gasteiger partial charge in [0.15, 0.2) is 11.6 Å². The van der Waals surface area contributed by atoms with Gasteiger partial charge < -0.3 is 10.7 Å². The Labute approximate surface area is 130 Å². The second kappa shape index (κ2) is 5.60. The summed E-state index contributed by atoms with van der Waals surface area (Å²) in [6.07, 6.45) is 3.64. The summed E-state index contributed by atoms with van der Waals surface area (Å²) >= 11 is 0. The van der Waals surface area contributed by atoms with Crippen LogP contribution in [0.15, 0.2) is 35.4 Å². The van der Waals surface area contributed by atoms with Crippen molar-refractivity contribution < 1.29 is 14.4 Å². The topological polar surface area (TPSA) is 123 Å². The number of pyridine rings is 2. The molecule has 0 radical (unpaired) electrons. The molecule has 0 aromatic carbocycles. The summed E-state index contributed by atoms with van der Waals surface area (Å²) in [6.45, 7) is 0. The molecule has 2 aromatic heterocycles. The number of hydrogen-bond acceptors (Lipinski definition) is 5. The van der Waals surface area contributed by atoms with Gasteiger partial charge in [-0.3, -0.25) is 24.2 Å². The Morgan fingerprint density at radius 1 is 1.22 bits per heavy atom. The molecule has 7 nitrogen and oxygen atoms in total. The van der Waals surface area contributed by atoms with Crippen molar-refractivity contribution in [2.75, 3.05) is 0 Å². The molecule has 0 fully saturated rings. The van der Waals surface area contributed by atoms with E-state index >= 15 is 0 Å². The van der Waals surface area contributed by atoms with E-state index in [2.05, 4.69) is 9.97 Å². The predicted molar refractivity (Wildman–Crippen MR) is 80.3 cm³/mol. The van der Waals surface area contributed by atoms with Crippen LogP contribution in [-0.4, -0.2) is 27.4 Å². The van der Waals surface area contributed by atoms with E-state index in [-0.39, 0.29) is 16.9 Å². The fourth-order valence-electron chi connectivity index (χ4n) is 2.74. The summed E-state index contributed by atoms with van der Waals surface area (Å²) in [6, 6.07) is 4.28. The number of carbonyl (C=O) groups is 3. The first-order valence-electron chi connectivity index (χ1n) is 7.03. The first-order valence-corrected chi connectivity index (χ1v) is 7.03. The minimum atomic E-state index is -0.913. The van der Waals surface area contributed by atoms with E-state index in [1.165, 1.54) is 18.5 Å². The summed E-state index contributed by atoms with van der Waals surface area (Å²) < 4.78 is 0. The van der Waals surface area contributed by atoms with E-state index in [4.69, 9.17) is 5.73 Å². The van der Waals surface area contributed by atoms with Gasteiger partial charge in [0.05, 0.1) is 5.92 Å². The van der Waals surface area contributed by atoms with E-state index in [0.29, 0.717) is 24.1 Å². The molecule has 1 aliphatic carbocycles. The molecule has 0 saturated carbocycles. The standard InChI is InChI=1S/C16H13N3O4/c17-15(22)11-7-10-12(19-16(11)23)2-1-9(14(10)21)13(20)8-3-5-18-6-4-8/h3-7,9H,1-2H2,(H2,17,22)(H,19,23). The highest BCUT2D eigenvalue weighted by atomic mass is 16.2. The Balaban J connectivity index is 2.00. The average molecular weight is 311 g/mol. The van der Waals surface area contributed by atoms with Crippen LogP contribution < -0.4 is 11.3 Å². The number of nitrogens with two attached hydrogens (primary N) is 1. The Kier molecular flexibility index (Phi) is 3.61. The van der Waals surface area contributed by atoms with Gasteiger partial charge in [-0.15, -0.1) is 0 Å². The lowest BCUT2D eigenvalue weighted by atomic mass is 9.80. The number of hydrogen-bond donors (Lipinski definition) is 2. The van der Waals surface area contributed by atoms with Gasteiger partial charge in [-0.25, -0.2) is 0 Å². The zero-order chi connectivity index (χ0) is 16.6. The molecule has 23 heavy (non-hydrogen) atoms. The maximum Gasteiger partial charge on any atom is 0.261 e. The molecule has 0 saturated heterocycles. The molecule has 1 amide bonds. The molecule has 1 atom stereocenters. The first kappa shape index (κ1) is 14.8. The van der Waals surface area contributed by atoms with Crippen LogP contribution in [0, 0.1) is 5.92 Å².